The second-order valence-corrected chi connectivity index (χ2v) is 13.3. The van der Waals surface area contributed by atoms with Gasteiger partial charge in [0, 0.05) is 23.9 Å². The number of fused-ring (bicyclic) bond motifs is 4. The highest BCUT2D eigenvalue weighted by atomic mass is 16.6. The molecule has 4 aliphatic rings. The quantitative estimate of drug-likeness (QED) is 0.340. The minimum absolute atomic E-state index is 0.00394. The van der Waals surface area contributed by atoms with Crippen LogP contribution in [0.1, 0.15) is 50.2 Å². The summed E-state index contributed by atoms with van der Waals surface area (Å²) in [5.74, 6) is -0.0539. The molecule has 0 radical (unpaired) electrons. The third-order valence-electron chi connectivity index (χ3n) is 11.2. The number of hydrogen-bond acceptors (Lipinski definition) is 7. The largest absolute Gasteiger partial charge is 0.497 e. The first-order valence-electron chi connectivity index (χ1n) is 14.2. The Morgan fingerprint density at radius 3 is 2.55 bits per heavy atom. The van der Waals surface area contributed by atoms with Gasteiger partial charge in [-0.15, -0.1) is 0 Å². The van der Waals surface area contributed by atoms with Crippen LogP contribution in [-0.2, 0) is 11.8 Å². The maximum absolute atomic E-state index is 13.9. The van der Waals surface area contributed by atoms with Gasteiger partial charge >= 0.3 is 5.97 Å². The molecular formula is C32H41NO7. The Morgan fingerprint density at radius 2 is 1.90 bits per heavy atom. The van der Waals surface area contributed by atoms with Crippen LogP contribution >= 0.6 is 0 Å². The van der Waals surface area contributed by atoms with Crippen LogP contribution in [0.4, 0.5) is 0 Å². The Kier molecular flexibility index (Phi) is 5.97. The van der Waals surface area contributed by atoms with Crippen LogP contribution < -0.4 is 4.74 Å². The van der Waals surface area contributed by atoms with E-state index in [1.165, 1.54) is 0 Å². The van der Waals surface area contributed by atoms with Crippen molar-refractivity contribution in [1.29, 1.82) is 0 Å². The summed E-state index contributed by atoms with van der Waals surface area (Å²) in [6.45, 7) is 9.54. The van der Waals surface area contributed by atoms with E-state index in [9.17, 15) is 25.2 Å². The lowest BCUT2D eigenvalue weighted by Gasteiger charge is -2.52. The molecule has 8 heteroatoms. The molecule has 0 amide bonds. The predicted molar refractivity (Wildman–Crippen MR) is 150 cm³/mol. The Hall–Kier alpha value is -2.65. The number of aliphatic hydroxyl groups excluding tert-OH is 3. The van der Waals surface area contributed by atoms with Crippen molar-refractivity contribution >= 4 is 16.9 Å². The van der Waals surface area contributed by atoms with E-state index in [-0.39, 0.29) is 28.7 Å². The van der Waals surface area contributed by atoms with Gasteiger partial charge in [-0.3, -0.25) is 0 Å². The summed E-state index contributed by atoms with van der Waals surface area (Å²) in [7, 11) is 3.38. The fourth-order valence-electron chi connectivity index (χ4n) is 9.09. The summed E-state index contributed by atoms with van der Waals surface area (Å²) in [6, 6.07) is 5.58. The molecule has 4 aliphatic carbocycles. The summed E-state index contributed by atoms with van der Waals surface area (Å²) in [6.07, 6.45) is 0.589. The molecule has 2 saturated carbocycles. The van der Waals surface area contributed by atoms with Crippen molar-refractivity contribution in [2.45, 2.75) is 65.0 Å². The third-order valence-corrected chi connectivity index (χ3v) is 11.2. The zero-order valence-electron chi connectivity index (χ0n) is 24.3. The van der Waals surface area contributed by atoms with Crippen LogP contribution in [0.2, 0.25) is 0 Å². The smallest absolute Gasteiger partial charge is 0.355 e. The highest BCUT2D eigenvalue weighted by Gasteiger charge is 2.76. The number of aliphatic hydroxyl groups is 4. The van der Waals surface area contributed by atoms with Gasteiger partial charge in [0.05, 0.1) is 25.2 Å². The summed E-state index contributed by atoms with van der Waals surface area (Å²) >= 11 is 0. The molecule has 2 bridgehead atoms. The standard InChI is InChI=1S/C32H41NO7/c1-15-13-31-16(2)10-22-24(30(22,4)5)21(27(31)36)11-18(14-34)26(35)32(31,38)28(15)40-29(37)25-17(3)20-12-19(39-7)8-9-23(20)33(25)6/h8-9,11-13,16,21-22,24,26-28,34-36,38H,10,14H2,1-7H3/t16-,21+,22-,24+,26-,27?,28+,31+,32+/m1/s1. The lowest BCUT2D eigenvalue weighted by atomic mass is 9.58. The zero-order chi connectivity index (χ0) is 29.1. The van der Waals surface area contributed by atoms with Crippen LogP contribution in [0.15, 0.2) is 41.5 Å². The number of rotatable bonds is 4. The predicted octanol–water partition coefficient (Wildman–Crippen LogP) is 3.28. The summed E-state index contributed by atoms with van der Waals surface area (Å²) in [4.78, 5) is 13.9. The summed E-state index contributed by atoms with van der Waals surface area (Å²) < 4.78 is 13.3. The molecule has 1 aromatic carbocycles. The molecule has 1 heterocycles. The molecule has 2 fully saturated rings. The first-order valence-corrected chi connectivity index (χ1v) is 14.2. The first kappa shape index (κ1) is 27.5. The Bertz CT molecular complexity index is 1470. The molecule has 1 aromatic heterocycles. The number of benzene rings is 1. The van der Waals surface area contributed by atoms with Crippen molar-refractivity contribution in [1.82, 2.24) is 4.57 Å². The van der Waals surface area contributed by atoms with E-state index < -0.39 is 41.9 Å². The van der Waals surface area contributed by atoms with E-state index >= 15 is 0 Å². The molecule has 0 aliphatic heterocycles. The van der Waals surface area contributed by atoms with Gasteiger partial charge in [-0.25, -0.2) is 4.79 Å². The number of nitrogens with zero attached hydrogens (tertiary/aromatic N) is 1. The van der Waals surface area contributed by atoms with Gasteiger partial charge in [-0.05, 0) is 78.3 Å². The van der Waals surface area contributed by atoms with Gasteiger partial charge in [0.1, 0.15) is 23.1 Å². The number of hydrogen-bond donors (Lipinski definition) is 4. The molecule has 0 saturated heterocycles. The van der Waals surface area contributed by atoms with Gasteiger partial charge in [0.15, 0.2) is 6.10 Å². The van der Waals surface area contributed by atoms with E-state index in [0.717, 1.165) is 17.3 Å². The highest BCUT2D eigenvalue weighted by molar-refractivity contribution is 5.99. The normalized spacial score (nSPS) is 39.4. The van der Waals surface area contributed by atoms with Crippen molar-refractivity contribution in [3.63, 3.8) is 0 Å². The molecule has 9 atom stereocenters. The molecular weight excluding hydrogens is 510 g/mol. The third kappa shape index (κ3) is 3.19. The number of carbonyl (C=O) groups excluding carboxylic acids is 1. The van der Waals surface area contributed by atoms with Crippen LogP contribution in [-0.4, -0.2) is 68.6 Å². The molecule has 4 N–H and O–H groups in total. The van der Waals surface area contributed by atoms with Crippen LogP contribution in [0.5, 0.6) is 5.75 Å². The average molecular weight is 552 g/mol. The maximum atomic E-state index is 13.9. The second kappa shape index (κ2) is 8.68. The van der Waals surface area contributed by atoms with Gasteiger partial charge < -0.3 is 34.5 Å². The molecule has 1 spiro atoms. The van der Waals surface area contributed by atoms with Crippen molar-refractivity contribution in [3.05, 3.63) is 52.8 Å². The van der Waals surface area contributed by atoms with E-state index in [2.05, 4.69) is 13.8 Å². The van der Waals surface area contributed by atoms with Crippen molar-refractivity contribution in [2.75, 3.05) is 13.7 Å². The molecule has 1 unspecified atom stereocenters. The molecule has 6 rings (SSSR count). The lowest BCUT2D eigenvalue weighted by molar-refractivity contribution is -0.215. The summed E-state index contributed by atoms with van der Waals surface area (Å²) in [5, 5.41) is 47.8. The van der Waals surface area contributed by atoms with Gasteiger partial charge in [0.2, 0.25) is 0 Å². The van der Waals surface area contributed by atoms with Crippen LogP contribution in [0.25, 0.3) is 10.9 Å². The van der Waals surface area contributed by atoms with Crippen molar-refractivity contribution in [2.24, 2.45) is 41.5 Å². The fourth-order valence-corrected chi connectivity index (χ4v) is 9.09. The Morgan fingerprint density at radius 1 is 1.20 bits per heavy atom. The van der Waals surface area contributed by atoms with Gasteiger partial charge in [0.25, 0.3) is 0 Å². The first-order chi connectivity index (χ1) is 18.8. The van der Waals surface area contributed by atoms with Crippen LogP contribution in [0.3, 0.4) is 0 Å². The second-order valence-electron chi connectivity index (χ2n) is 13.3. The highest BCUT2D eigenvalue weighted by Crippen LogP contribution is 2.72. The average Bonchev–Trinajstić information content (AvgIpc) is 3.28. The SMILES string of the molecule is COc1ccc2c(c1)c(C)c(C(=O)O[C@H]1C(C)=C[C@]34C(O)[C@@H](C=C(CO)[C@@H](O)[C@]13O)[C@H]1[C@@H](C[C@H]4C)C1(C)C)n2C. The van der Waals surface area contributed by atoms with E-state index in [1.807, 2.05) is 38.1 Å². The minimum atomic E-state index is -2.07. The van der Waals surface area contributed by atoms with E-state index in [0.29, 0.717) is 28.5 Å². The van der Waals surface area contributed by atoms with Crippen molar-refractivity contribution < 1.29 is 34.7 Å². The minimum Gasteiger partial charge on any atom is -0.497 e. The number of ether oxygens (including phenoxy) is 2. The number of methoxy groups -OCH3 is 1. The lowest BCUT2D eigenvalue weighted by Crippen LogP contribution is -2.66. The van der Waals surface area contributed by atoms with Crippen LogP contribution in [0, 0.1) is 41.4 Å². The maximum Gasteiger partial charge on any atom is 0.355 e. The van der Waals surface area contributed by atoms with Gasteiger partial charge in [-0.2, -0.15) is 0 Å². The number of aromatic nitrogens is 1. The molecule has 216 valence electrons. The summed E-state index contributed by atoms with van der Waals surface area (Å²) in [5.41, 5.74) is -0.641. The number of carbonyl (C=O) groups is 1. The number of aryl methyl sites for hydroxylation is 2. The van der Waals surface area contributed by atoms with Gasteiger partial charge in [-0.1, -0.05) is 32.9 Å². The Labute approximate surface area is 234 Å². The fraction of sp³-hybridized carbons (Fsp3) is 0.594. The zero-order valence-corrected chi connectivity index (χ0v) is 24.3. The topological polar surface area (TPSA) is 121 Å². The molecule has 40 heavy (non-hydrogen) atoms. The molecule has 8 nitrogen and oxygen atoms in total. The van der Waals surface area contributed by atoms with Crippen molar-refractivity contribution in [3.8, 4) is 5.75 Å². The monoisotopic (exact) mass is 551 g/mol. The van der Waals surface area contributed by atoms with E-state index in [4.69, 9.17) is 9.47 Å². The molecule has 2 aromatic rings. The van der Waals surface area contributed by atoms with E-state index in [1.54, 1.807) is 31.7 Å². The Balaban J connectivity index is 1.45. The number of esters is 1.